The Balaban J connectivity index is 1.12. The highest BCUT2D eigenvalue weighted by molar-refractivity contribution is 7.72. The highest BCUT2D eigenvalue weighted by Gasteiger charge is 2.50. The highest BCUT2D eigenvalue weighted by Crippen LogP contribution is 2.75. The number of fused-ring (bicyclic) bond motifs is 2. The van der Waals surface area contributed by atoms with Crippen molar-refractivity contribution in [1.82, 2.24) is 19.5 Å². The number of nitrogens with two attached hydrogens (primary N) is 1. The number of hydrogen-bond acceptors (Lipinski definition) is 22. The summed E-state index contributed by atoms with van der Waals surface area (Å²) in [4.78, 5) is 95.0. The van der Waals surface area contributed by atoms with Gasteiger partial charge < -0.3 is 49.4 Å². The van der Waals surface area contributed by atoms with Gasteiger partial charge in [0.25, 0.3) is 0 Å². The molecule has 5 rings (SSSR count). The summed E-state index contributed by atoms with van der Waals surface area (Å²) in [6, 6.07) is 4.92. The summed E-state index contributed by atoms with van der Waals surface area (Å²) >= 11 is 0. The Kier molecular flexibility index (Phi) is 14.9. The number of phosphoric acid groups is 6. The zero-order valence-electron chi connectivity index (χ0n) is 30.1. The highest BCUT2D eigenvalue weighted by atomic mass is 31.3. The standard InChI is InChI=1S/C25H33N5O24P6/c1-2-3-16(31)7-15-8-22(33)49-19-6-14(4-5-17(15)19)10-46-55(34,35)50-57(38,39)52-59(42,43)54-60(44,45)53-58(40,41)51-56(36,37)47-11-20-18(32)9-21(48-20)30-13-29-23-24(26)27-12-28-25(23)30/h4-6,8,12-13,18,20-21,32H,2-3,7,9-11H2,1H3,(H,34,35)(H,36,37)(H,38,39)(H,40,41)(H,42,43)(H,44,45)(H2,26,27,28)/t18-,20-,21-/m1/s1. The van der Waals surface area contributed by atoms with E-state index in [1.807, 2.05) is 0 Å². The first-order valence-corrected chi connectivity index (χ1v) is 25.3. The molecule has 0 aliphatic carbocycles. The molecule has 4 heterocycles. The van der Waals surface area contributed by atoms with Gasteiger partial charge in [-0.2, -0.15) is 21.6 Å². The number of nitrogens with zero attached hydrogens (tertiary/aromatic N) is 4. The normalized spacial score (nSPS) is 23.2. The fourth-order valence-electron chi connectivity index (χ4n) is 5.29. The Morgan fingerprint density at radius 1 is 0.850 bits per heavy atom. The number of anilines is 1. The van der Waals surface area contributed by atoms with E-state index in [-0.39, 0.29) is 53.2 Å². The zero-order valence-corrected chi connectivity index (χ0v) is 35.4. The van der Waals surface area contributed by atoms with E-state index in [0.29, 0.717) is 17.4 Å². The van der Waals surface area contributed by atoms with Gasteiger partial charge >= 0.3 is 52.6 Å². The van der Waals surface area contributed by atoms with Crippen LogP contribution in [0.15, 0.2) is 46.1 Å². The van der Waals surface area contributed by atoms with Crippen molar-refractivity contribution in [2.45, 2.75) is 57.6 Å². The third-order valence-electron chi connectivity index (χ3n) is 7.54. The molecule has 0 radical (unpaired) electrons. The van der Waals surface area contributed by atoms with E-state index in [0.717, 1.165) is 18.5 Å². The van der Waals surface area contributed by atoms with Crippen LogP contribution in [0, 0.1) is 0 Å². The molecule has 1 saturated heterocycles. The molecule has 0 spiro atoms. The molecule has 9 atom stereocenters. The summed E-state index contributed by atoms with van der Waals surface area (Å²) in [6.45, 7) is -0.166. The number of aliphatic hydroxyl groups is 1. The SMILES string of the molecule is CCCC(=O)Cc1cc(=O)oc2cc(COP(=O)(O)OP(=O)(O)OP(=O)(O)OP(=O)(O)OP(=O)(O)OP(=O)(O)OC[C@H]3O[C@@H](n4cnc5c(N)ncnc54)C[C@H]3O)ccc12. The zero-order chi connectivity index (χ0) is 44.5. The Morgan fingerprint density at radius 2 is 1.43 bits per heavy atom. The van der Waals surface area contributed by atoms with Gasteiger partial charge in [-0.15, -0.1) is 0 Å². The van der Waals surface area contributed by atoms with E-state index in [9.17, 15) is 71.4 Å². The van der Waals surface area contributed by atoms with Crippen LogP contribution in [0.1, 0.15) is 43.5 Å². The van der Waals surface area contributed by atoms with Crippen LogP contribution in [0.3, 0.4) is 0 Å². The van der Waals surface area contributed by atoms with Crippen LogP contribution >= 0.6 is 46.9 Å². The van der Waals surface area contributed by atoms with Crippen molar-refractivity contribution < 1.29 is 106 Å². The summed E-state index contributed by atoms with van der Waals surface area (Å²) in [6.07, 6.45) is -0.859. The van der Waals surface area contributed by atoms with E-state index < -0.39 is 84.2 Å². The number of phosphoric ester groups is 2. The molecule has 0 saturated carbocycles. The number of ether oxygens (including phenoxy) is 1. The summed E-state index contributed by atoms with van der Waals surface area (Å²) in [5, 5.41) is 10.7. The second-order valence-corrected chi connectivity index (χ2v) is 21.6. The van der Waals surface area contributed by atoms with Gasteiger partial charge in [0.15, 0.2) is 11.5 Å². The topological polar surface area (TPSA) is 435 Å². The van der Waals surface area contributed by atoms with Crippen LogP contribution in [0.2, 0.25) is 0 Å². The van der Waals surface area contributed by atoms with E-state index in [1.165, 1.54) is 23.0 Å². The molecular weight excluding hydrogens is 940 g/mol. The molecule has 3 aromatic heterocycles. The summed E-state index contributed by atoms with van der Waals surface area (Å²) in [7, 11) is -37.3. The number of nitrogen functional groups attached to an aromatic ring is 1. The Labute approximate surface area is 334 Å². The van der Waals surface area contributed by atoms with Crippen LogP contribution < -0.4 is 11.4 Å². The fraction of sp³-hybridized carbons (Fsp3) is 0.400. The number of Topliss-reactive ketones (excluding diaryl/α,β-unsaturated/α-hetero) is 1. The maximum atomic E-state index is 12.4. The van der Waals surface area contributed by atoms with Gasteiger partial charge in [-0.05, 0) is 23.6 Å². The molecule has 35 heteroatoms. The van der Waals surface area contributed by atoms with Crippen molar-refractivity contribution >= 4 is 80.7 Å². The lowest BCUT2D eigenvalue weighted by molar-refractivity contribution is -0.118. The molecule has 4 aromatic rings. The summed E-state index contributed by atoms with van der Waals surface area (Å²) in [5.74, 6) is -0.128. The molecule has 332 valence electrons. The number of rotatable bonds is 21. The third kappa shape index (κ3) is 13.4. The van der Waals surface area contributed by atoms with Crippen LogP contribution in [-0.2, 0) is 80.6 Å². The Hall–Kier alpha value is -2.77. The predicted molar refractivity (Wildman–Crippen MR) is 195 cm³/mol. The van der Waals surface area contributed by atoms with E-state index in [1.54, 1.807) is 6.92 Å². The molecule has 29 nitrogen and oxygen atoms in total. The van der Waals surface area contributed by atoms with Gasteiger partial charge in [-0.3, -0.25) is 18.4 Å². The van der Waals surface area contributed by atoms with Gasteiger partial charge in [0.1, 0.15) is 35.5 Å². The van der Waals surface area contributed by atoms with Crippen LogP contribution in [0.4, 0.5) is 5.82 Å². The van der Waals surface area contributed by atoms with Crippen molar-refractivity contribution in [3.05, 3.63) is 58.5 Å². The second kappa shape index (κ2) is 18.5. The van der Waals surface area contributed by atoms with Gasteiger partial charge in [0.05, 0.1) is 25.6 Å². The van der Waals surface area contributed by atoms with E-state index >= 15 is 0 Å². The number of hydrogen-bond donors (Lipinski definition) is 8. The maximum Gasteiger partial charge on any atom is 0.490 e. The predicted octanol–water partition coefficient (Wildman–Crippen LogP) is 2.99. The molecule has 60 heavy (non-hydrogen) atoms. The molecule has 1 aliphatic rings. The number of carbonyl (C=O) groups is 1. The first-order valence-electron chi connectivity index (χ1n) is 16.3. The first kappa shape index (κ1) is 48.3. The lowest BCUT2D eigenvalue weighted by atomic mass is 10.0. The third-order valence-corrected chi connectivity index (χ3v) is 16.7. The average Bonchev–Trinajstić information content (AvgIpc) is 3.67. The molecule has 0 bridgehead atoms. The second-order valence-electron chi connectivity index (χ2n) is 12.2. The van der Waals surface area contributed by atoms with Gasteiger partial charge in [-0.25, -0.2) is 47.1 Å². The van der Waals surface area contributed by atoms with E-state index in [2.05, 4.69) is 45.6 Å². The number of carbonyl (C=O) groups excluding carboxylic acids is 1. The Morgan fingerprint density at radius 3 is 2.03 bits per heavy atom. The van der Waals surface area contributed by atoms with Crippen molar-refractivity contribution in [2.75, 3.05) is 12.3 Å². The van der Waals surface area contributed by atoms with E-state index in [4.69, 9.17) is 14.9 Å². The van der Waals surface area contributed by atoms with Crippen LogP contribution in [0.5, 0.6) is 0 Å². The molecule has 1 fully saturated rings. The number of benzene rings is 1. The molecular formula is C25H33N5O24P6. The minimum atomic E-state index is -6.52. The fourth-order valence-corrected chi connectivity index (χ4v) is 13.1. The summed E-state index contributed by atoms with van der Waals surface area (Å²) < 4.78 is 114. The molecule has 9 N–H and O–H groups in total. The van der Waals surface area contributed by atoms with Crippen molar-refractivity contribution in [3.8, 4) is 0 Å². The lowest BCUT2D eigenvalue weighted by Gasteiger charge is -2.21. The molecule has 0 amide bonds. The van der Waals surface area contributed by atoms with Crippen LogP contribution in [-0.4, -0.2) is 78.6 Å². The van der Waals surface area contributed by atoms with Crippen molar-refractivity contribution in [2.24, 2.45) is 0 Å². The minimum absolute atomic E-state index is 0.0167. The van der Waals surface area contributed by atoms with Gasteiger partial charge in [0.2, 0.25) is 0 Å². The van der Waals surface area contributed by atoms with Gasteiger partial charge in [0, 0.05) is 30.7 Å². The average molecular weight is 973 g/mol. The number of aromatic nitrogens is 4. The smallest absolute Gasteiger partial charge is 0.423 e. The van der Waals surface area contributed by atoms with Gasteiger partial charge in [-0.1, -0.05) is 19.1 Å². The number of imidazole rings is 1. The maximum absolute atomic E-state index is 12.4. The molecule has 1 aromatic carbocycles. The monoisotopic (exact) mass is 973 g/mol. The number of aliphatic hydroxyl groups excluding tert-OH is 1. The minimum Gasteiger partial charge on any atom is -0.423 e. The Bertz CT molecular complexity index is 2620. The quantitative estimate of drug-likeness (QED) is 0.0439. The number of ketones is 1. The van der Waals surface area contributed by atoms with Crippen LogP contribution in [0.25, 0.3) is 22.1 Å². The summed E-state index contributed by atoms with van der Waals surface area (Å²) in [5.41, 5.74) is 5.53. The molecule has 6 unspecified atom stereocenters. The first-order chi connectivity index (χ1) is 27.7. The largest absolute Gasteiger partial charge is 0.490 e. The lowest BCUT2D eigenvalue weighted by Crippen LogP contribution is -2.26. The van der Waals surface area contributed by atoms with Crippen molar-refractivity contribution in [1.29, 1.82) is 0 Å². The van der Waals surface area contributed by atoms with Crippen molar-refractivity contribution in [3.63, 3.8) is 0 Å². The molecule has 1 aliphatic heterocycles.